The van der Waals surface area contributed by atoms with Gasteiger partial charge in [0.15, 0.2) is 0 Å². The third kappa shape index (κ3) is 2.51. The molecule has 1 fully saturated rings. The molecule has 5 nitrogen and oxygen atoms in total. The van der Waals surface area contributed by atoms with Crippen molar-refractivity contribution in [1.82, 2.24) is 14.7 Å². The number of benzene rings is 1. The van der Waals surface area contributed by atoms with Crippen molar-refractivity contribution in [3.8, 4) is 0 Å². The number of likely N-dealkylation sites (tertiary alicyclic amines) is 1. The van der Waals surface area contributed by atoms with Gasteiger partial charge in [0.1, 0.15) is 0 Å². The van der Waals surface area contributed by atoms with E-state index < -0.39 is 0 Å². The summed E-state index contributed by atoms with van der Waals surface area (Å²) in [4.78, 5) is 2.54. The Morgan fingerprint density at radius 2 is 2.15 bits per heavy atom. The molecule has 5 heteroatoms. The molecule has 0 saturated carbocycles. The molecule has 1 aliphatic heterocycles. The van der Waals surface area contributed by atoms with E-state index in [4.69, 9.17) is 5.21 Å². The molecule has 0 unspecified atom stereocenters. The van der Waals surface area contributed by atoms with Crippen LogP contribution in [0.15, 0.2) is 24.4 Å². The second-order valence-corrected chi connectivity index (χ2v) is 5.55. The quantitative estimate of drug-likeness (QED) is 0.842. The molecule has 1 aromatic carbocycles. The van der Waals surface area contributed by atoms with E-state index in [1.54, 1.807) is 0 Å². The zero-order chi connectivity index (χ0) is 13.9. The summed E-state index contributed by atoms with van der Waals surface area (Å²) in [5, 5.41) is 14.6. The number of fused-ring (bicyclic) bond motifs is 1. The van der Waals surface area contributed by atoms with Gasteiger partial charge < -0.3 is 4.90 Å². The summed E-state index contributed by atoms with van der Waals surface area (Å²) in [7, 11) is 0. The first-order valence-electron chi connectivity index (χ1n) is 7.41. The lowest BCUT2D eigenvalue weighted by atomic mass is 10.0. The molecule has 0 aliphatic carbocycles. The maximum Gasteiger partial charge on any atom is 0.0687 e. The van der Waals surface area contributed by atoms with Crippen LogP contribution in [0.5, 0.6) is 0 Å². The molecule has 1 aromatic heterocycles. The predicted molar refractivity (Wildman–Crippen MR) is 80.1 cm³/mol. The molecule has 2 N–H and O–H groups in total. The highest BCUT2D eigenvalue weighted by atomic mass is 16.5. The first-order valence-corrected chi connectivity index (χ1v) is 7.41. The summed E-state index contributed by atoms with van der Waals surface area (Å²) in [6, 6.07) is 6.32. The summed E-state index contributed by atoms with van der Waals surface area (Å²) in [5.74, 6) is 0. The van der Waals surface area contributed by atoms with E-state index in [9.17, 15) is 0 Å². The SMILES string of the molecule is CCCN1CCC(n2ncc3cc(NO)ccc32)CC1. The lowest BCUT2D eigenvalue weighted by Crippen LogP contribution is -2.35. The third-order valence-corrected chi connectivity index (χ3v) is 4.17. The molecule has 1 saturated heterocycles. The molecule has 20 heavy (non-hydrogen) atoms. The molecule has 0 amide bonds. The van der Waals surface area contributed by atoms with E-state index in [0.717, 1.165) is 36.8 Å². The molecule has 0 bridgehead atoms. The van der Waals surface area contributed by atoms with Crippen LogP contribution in [0, 0.1) is 0 Å². The largest absolute Gasteiger partial charge is 0.303 e. The van der Waals surface area contributed by atoms with Crippen molar-refractivity contribution in [3.05, 3.63) is 24.4 Å². The van der Waals surface area contributed by atoms with Crippen LogP contribution in [0.4, 0.5) is 5.69 Å². The highest BCUT2D eigenvalue weighted by molar-refractivity contribution is 5.82. The molecular weight excluding hydrogens is 252 g/mol. The monoisotopic (exact) mass is 274 g/mol. The lowest BCUT2D eigenvalue weighted by Gasteiger charge is -2.32. The van der Waals surface area contributed by atoms with Crippen LogP contribution >= 0.6 is 0 Å². The normalized spacial score (nSPS) is 17.7. The smallest absolute Gasteiger partial charge is 0.0687 e. The summed E-state index contributed by atoms with van der Waals surface area (Å²) >= 11 is 0. The minimum absolute atomic E-state index is 0.494. The van der Waals surface area contributed by atoms with Gasteiger partial charge in [0.25, 0.3) is 0 Å². The summed E-state index contributed by atoms with van der Waals surface area (Å²) in [5.41, 5.74) is 4.04. The van der Waals surface area contributed by atoms with Crippen LogP contribution in [-0.2, 0) is 0 Å². The number of hydrogen-bond donors (Lipinski definition) is 2. The number of nitrogens with zero attached hydrogens (tertiary/aromatic N) is 3. The fourth-order valence-electron chi connectivity index (χ4n) is 3.12. The van der Waals surface area contributed by atoms with Crippen molar-refractivity contribution in [2.75, 3.05) is 25.1 Å². The van der Waals surface area contributed by atoms with E-state index >= 15 is 0 Å². The summed E-state index contributed by atoms with van der Waals surface area (Å²) < 4.78 is 2.15. The number of hydrogen-bond acceptors (Lipinski definition) is 4. The van der Waals surface area contributed by atoms with Gasteiger partial charge in [0, 0.05) is 18.5 Å². The fourth-order valence-corrected chi connectivity index (χ4v) is 3.12. The average Bonchev–Trinajstić information content (AvgIpc) is 2.91. The van der Waals surface area contributed by atoms with Crippen molar-refractivity contribution < 1.29 is 5.21 Å². The first kappa shape index (κ1) is 13.4. The summed E-state index contributed by atoms with van der Waals surface area (Å²) in [6.45, 7) is 5.77. The lowest BCUT2D eigenvalue weighted by molar-refractivity contribution is 0.182. The number of nitrogens with one attached hydrogen (secondary N) is 1. The number of rotatable bonds is 4. The molecule has 2 aromatic rings. The van der Waals surface area contributed by atoms with E-state index in [-0.39, 0.29) is 0 Å². The van der Waals surface area contributed by atoms with Gasteiger partial charge in [-0.15, -0.1) is 0 Å². The Labute approximate surface area is 119 Å². The van der Waals surface area contributed by atoms with Gasteiger partial charge in [-0.2, -0.15) is 5.10 Å². The Balaban J connectivity index is 1.78. The topological polar surface area (TPSA) is 53.3 Å². The highest BCUT2D eigenvalue weighted by Gasteiger charge is 2.21. The number of anilines is 1. The summed E-state index contributed by atoms with van der Waals surface area (Å²) in [6.07, 6.45) is 5.44. The van der Waals surface area contributed by atoms with Crippen molar-refractivity contribution >= 4 is 16.6 Å². The molecule has 1 aliphatic rings. The number of piperidine rings is 1. The Kier molecular flexibility index (Phi) is 3.89. The fraction of sp³-hybridized carbons (Fsp3) is 0.533. The van der Waals surface area contributed by atoms with E-state index in [2.05, 4.69) is 27.1 Å². The van der Waals surface area contributed by atoms with E-state index in [1.807, 2.05) is 24.4 Å². The minimum Gasteiger partial charge on any atom is -0.303 e. The zero-order valence-corrected chi connectivity index (χ0v) is 11.9. The minimum atomic E-state index is 0.494. The Morgan fingerprint density at radius 1 is 1.35 bits per heavy atom. The predicted octanol–water partition coefficient (Wildman–Crippen LogP) is 2.88. The average molecular weight is 274 g/mol. The van der Waals surface area contributed by atoms with Gasteiger partial charge in [-0.1, -0.05) is 6.92 Å². The van der Waals surface area contributed by atoms with Crippen LogP contribution in [0.3, 0.4) is 0 Å². The van der Waals surface area contributed by atoms with E-state index in [1.165, 1.54) is 13.0 Å². The van der Waals surface area contributed by atoms with Crippen molar-refractivity contribution in [2.24, 2.45) is 0 Å². The van der Waals surface area contributed by atoms with E-state index in [0.29, 0.717) is 11.7 Å². The molecule has 3 rings (SSSR count). The Bertz CT molecular complexity index is 572. The van der Waals surface area contributed by atoms with Gasteiger partial charge >= 0.3 is 0 Å². The molecule has 0 atom stereocenters. The van der Waals surface area contributed by atoms with Crippen LogP contribution in [-0.4, -0.2) is 39.5 Å². The Hall–Kier alpha value is -1.59. The van der Waals surface area contributed by atoms with Crippen LogP contribution in [0.1, 0.15) is 32.2 Å². The van der Waals surface area contributed by atoms with Gasteiger partial charge in [-0.25, -0.2) is 0 Å². The number of aromatic nitrogens is 2. The van der Waals surface area contributed by atoms with Crippen molar-refractivity contribution in [1.29, 1.82) is 0 Å². The van der Waals surface area contributed by atoms with Crippen LogP contribution < -0.4 is 5.48 Å². The highest BCUT2D eigenvalue weighted by Crippen LogP contribution is 2.27. The maximum absolute atomic E-state index is 8.95. The van der Waals surface area contributed by atoms with Crippen LogP contribution in [0.2, 0.25) is 0 Å². The molecule has 0 radical (unpaired) electrons. The van der Waals surface area contributed by atoms with Crippen LogP contribution in [0.25, 0.3) is 10.9 Å². The Morgan fingerprint density at radius 3 is 2.85 bits per heavy atom. The zero-order valence-electron chi connectivity index (χ0n) is 11.9. The molecule has 108 valence electrons. The second kappa shape index (κ2) is 5.81. The first-order chi connectivity index (χ1) is 9.81. The van der Waals surface area contributed by atoms with Gasteiger partial charge in [0.05, 0.1) is 23.4 Å². The van der Waals surface area contributed by atoms with Crippen molar-refractivity contribution in [3.63, 3.8) is 0 Å². The molecule has 0 spiro atoms. The maximum atomic E-state index is 8.95. The van der Waals surface area contributed by atoms with Gasteiger partial charge in [-0.05, 0) is 44.0 Å². The standard InChI is InChI=1S/C15H22N4O/c1-2-7-18-8-5-14(6-9-18)19-15-4-3-13(17-20)10-12(15)11-16-19/h3-4,10-11,14,17,20H,2,5-9H2,1H3. The third-order valence-electron chi connectivity index (χ3n) is 4.17. The van der Waals surface area contributed by atoms with Crippen molar-refractivity contribution in [2.45, 2.75) is 32.2 Å². The molecular formula is C15H22N4O. The van der Waals surface area contributed by atoms with Gasteiger partial charge in [0.2, 0.25) is 0 Å². The second-order valence-electron chi connectivity index (χ2n) is 5.55. The van der Waals surface area contributed by atoms with Gasteiger partial charge in [-0.3, -0.25) is 15.4 Å². The molecule has 2 heterocycles.